The van der Waals surface area contributed by atoms with E-state index in [1.54, 1.807) is 13.8 Å². The third kappa shape index (κ3) is 4.43. The number of piperazine rings is 1. The largest absolute Gasteiger partial charge is 0.465 e. The van der Waals surface area contributed by atoms with E-state index in [4.69, 9.17) is 4.74 Å². The highest BCUT2D eigenvalue weighted by molar-refractivity contribution is 6.06. The molecule has 28 heavy (non-hydrogen) atoms. The number of nitrogens with one attached hydrogen (secondary N) is 2. The summed E-state index contributed by atoms with van der Waals surface area (Å²) in [6.07, 6.45) is 0. The summed E-state index contributed by atoms with van der Waals surface area (Å²) in [5, 5.41) is 2.93. The minimum atomic E-state index is -0.445. The summed E-state index contributed by atoms with van der Waals surface area (Å²) >= 11 is 0. The van der Waals surface area contributed by atoms with Crippen molar-refractivity contribution in [3.63, 3.8) is 0 Å². The van der Waals surface area contributed by atoms with Gasteiger partial charge < -0.3 is 19.9 Å². The molecular weight excluding hydrogens is 356 g/mol. The Kier molecular flexibility index (Phi) is 6.16. The zero-order valence-corrected chi connectivity index (χ0v) is 17.0. The number of carbonyl (C=O) groups is 2. The van der Waals surface area contributed by atoms with Crippen LogP contribution < -0.4 is 5.32 Å². The zero-order chi connectivity index (χ0) is 20.3. The van der Waals surface area contributed by atoms with Crippen LogP contribution in [0, 0.1) is 13.8 Å². The summed E-state index contributed by atoms with van der Waals surface area (Å²) < 4.78 is 4.81. The van der Waals surface area contributed by atoms with Crippen molar-refractivity contribution in [2.24, 2.45) is 0 Å². The van der Waals surface area contributed by atoms with Crippen LogP contribution in [0.4, 0.5) is 5.69 Å². The lowest BCUT2D eigenvalue weighted by molar-refractivity contribution is 0.0599. The number of hydrogen-bond acceptors (Lipinski definition) is 5. The number of methoxy groups -OCH3 is 1. The Morgan fingerprint density at radius 1 is 1.18 bits per heavy atom. The van der Waals surface area contributed by atoms with Gasteiger partial charge in [0.1, 0.15) is 5.69 Å². The summed E-state index contributed by atoms with van der Waals surface area (Å²) in [5.74, 6) is -0.716. The average Bonchev–Trinajstić information content (AvgIpc) is 2.98. The van der Waals surface area contributed by atoms with Crippen molar-refractivity contribution in [2.45, 2.75) is 20.4 Å². The number of anilines is 1. The van der Waals surface area contributed by atoms with Crippen LogP contribution in [-0.4, -0.2) is 67.0 Å². The van der Waals surface area contributed by atoms with Crippen molar-refractivity contribution in [1.29, 1.82) is 0 Å². The molecule has 0 saturated carbocycles. The fourth-order valence-electron chi connectivity index (χ4n) is 3.59. The monoisotopic (exact) mass is 384 g/mol. The number of aromatic amines is 1. The van der Waals surface area contributed by atoms with E-state index in [2.05, 4.69) is 33.2 Å². The molecular formula is C21H28N4O3. The molecule has 0 spiro atoms. The zero-order valence-electron chi connectivity index (χ0n) is 17.0. The maximum Gasteiger partial charge on any atom is 0.339 e. The second kappa shape index (κ2) is 8.58. The van der Waals surface area contributed by atoms with Crippen molar-refractivity contribution in [3.8, 4) is 0 Å². The first-order valence-corrected chi connectivity index (χ1v) is 9.47. The van der Waals surface area contributed by atoms with Crippen LogP contribution >= 0.6 is 0 Å². The van der Waals surface area contributed by atoms with Gasteiger partial charge in [-0.25, -0.2) is 4.79 Å². The number of benzene rings is 1. The number of aromatic nitrogens is 1. The molecule has 1 amide bonds. The number of likely N-dealkylation sites (N-methyl/N-ethyl adjacent to an activating group) is 1. The van der Waals surface area contributed by atoms with E-state index in [1.165, 1.54) is 7.11 Å². The fraction of sp³-hybridized carbons (Fsp3) is 0.429. The Hall–Kier alpha value is -2.64. The van der Waals surface area contributed by atoms with E-state index >= 15 is 0 Å². The average molecular weight is 384 g/mol. The number of aryl methyl sites for hydroxylation is 1. The third-order valence-corrected chi connectivity index (χ3v) is 5.24. The van der Waals surface area contributed by atoms with Crippen LogP contribution in [0.5, 0.6) is 0 Å². The van der Waals surface area contributed by atoms with Gasteiger partial charge in [0, 0.05) is 44.1 Å². The molecule has 7 heteroatoms. The molecule has 1 aliphatic heterocycles. The van der Waals surface area contributed by atoms with Gasteiger partial charge in [-0.15, -0.1) is 0 Å². The number of carbonyl (C=O) groups excluding carboxylic acids is 2. The minimum absolute atomic E-state index is 0.271. The molecule has 150 valence electrons. The Balaban J connectivity index is 1.70. The van der Waals surface area contributed by atoms with Gasteiger partial charge in [-0.2, -0.15) is 0 Å². The molecule has 2 N–H and O–H groups in total. The molecule has 1 aromatic carbocycles. The number of hydrogen-bond donors (Lipinski definition) is 2. The number of nitrogens with zero attached hydrogens (tertiary/aromatic N) is 2. The molecule has 7 nitrogen and oxygen atoms in total. The van der Waals surface area contributed by atoms with E-state index in [0.29, 0.717) is 22.5 Å². The van der Waals surface area contributed by atoms with Gasteiger partial charge in [-0.05, 0) is 44.2 Å². The predicted molar refractivity (Wildman–Crippen MR) is 109 cm³/mol. The number of ether oxygens (including phenoxy) is 1. The maximum atomic E-state index is 12.7. The molecule has 0 aliphatic carbocycles. The van der Waals surface area contributed by atoms with Crippen molar-refractivity contribution in [1.82, 2.24) is 14.8 Å². The highest BCUT2D eigenvalue weighted by Gasteiger charge is 2.22. The van der Waals surface area contributed by atoms with E-state index in [0.717, 1.165) is 44.0 Å². The van der Waals surface area contributed by atoms with Crippen LogP contribution in [0.1, 0.15) is 37.7 Å². The first-order valence-electron chi connectivity index (χ1n) is 9.47. The SMILES string of the molecule is COC(=O)c1c(C)[nH]c(C(=O)Nc2cccc(CN3CCN(C)CC3)c2)c1C. The standard InChI is InChI=1S/C21H28N4O3/c1-14-18(21(27)28-4)15(2)22-19(14)20(26)23-17-7-5-6-16(12-17)13-25-10-8-24(3)9-11-25/h5-7,12,22H,8-11,13H2,1-4H3,(H,23,26). The molecule has 0 radical (unpaired) electrons. The van der Waals surface area contributed by atoms with Crippen molar-refractivity contribution in [3.05, 3.63) is 52.3 Å². The molecule has 0 atom stereocenters. The minimum Gasteiger partial charge on any atom is -0.465 e. The highest BCUT2D eigenvalue weighted by atomic mass is 16.5. The number of rotatable bonds is 5. The first-order chi connectivity index (χ1) is 13.4. The first kappa shape index (κ1) is 20.1. The molecule has 3 rings (SSSR count). The molecule has 1 saturated heterocycles. The second-order valence-corrected chi connectivity index (χ2v) is 7.35. The molecule has 2 heterocycles. The van der Waals surface area contributed by atoms with Crippen molar-refractivity contribution in [2.75, 3.05) is 45.7 Å². The van der Waals surface area contributed by atoms with Crippen LogP contribution in [0.2, 0.25) is 0 Å². The highest BCUT2D eigenvalue weighted by Crippen LogP contribution is 2.21. The summed E-state index contributed by atoms with van der Waals surface area (Å²) in [7, 11) is 3.48. The summed E-state index contributed by atoms with van der Waals surface area (Å²) in [6, 6.07) is 7.90. The van der Waals surface area contributed by atoms with Gasteiger partial charge in [0.25, 0.3) is 5.91 Å². The van der Waals surface area contributed by atoms with E-state index in [9.17, 15) is 9.59 Å². The lowest BCUT2D eigenvalue weighted by Crippen LogP contribution is -2.43. The number of H-pyrrole nitrogens is 1. The number of amides is 1. The molecule has 1 aromatic heterocycles. The van der Waals surface area contributed by atoms with Gasteiger partial charge in [0.2, 0.25) is 0 Å². The van der Waals surface area contributed by atoms with E-state index in [1.807, 2.05) is 18.2 Å². The lowest BCUT2D eigenvalue weighted by atomic mass is 10.1. The van der Waals surface area contributed by atoms with Crippen molar-refractivity contribution < 1.29 is 14.3 Å². The Morgan fingerprint density at radius 2 is 1.89 bits per heavy atom. The smallest absolute Gasteiger partial charge is 0.339 e. The van der Waals surface area contributed by atoms with Gasteiger partial charge in [0.05, 0.1) is 12.7 Å². The number of esters is 1. The quantitative estimate of drug-likeness (QED) is 0.774. The van der Waals surface area contributed by atoms with Crippen LogP contribution in [0.3, 0.4) is 0 Å². The fourth-order valence-corrected chi connectivity index (χ4v) is 3.59. The third-order valence-electron chi connectivity index (χ3n) is 5.24. The molecule has 1 fully saturated rings. The van der Waals surface area contributed by atoms with Crippen LogP contribution in [0.15, 0.2) is 24.3 Å². The summed E-state index contributed by atoms with van der Waals surface area (Å²) in [4.78, 5) is 32.4. The van der Waals surface area contributed by atoms with Crippen molar-refractivity contribution >= 4 is 17.6 Å². The Labute approximate surface area is 165 Å². The van der Waals surface area contributed by atoms with Gasteiger partial charge >= 0.3 is 5.97 Å². The summed E-state index contributed by atoms with van der Waals surface area (Å²) in [6.45, 7) is 8.61. The maximum absolute atomic E-state index is 12.7. The second-order valence-electron chi connectivity index (χ2n) is 7.35. The topological polar surface area (TPSA) is 77.7 Å². The summed E-state index contributed by atoms with van der Waals surface area (Å²) in [5.41, 5.74) is 3.91. The molecule has 0 unspecified atom stereocenters. The van der Waals surface area contributed by atoms with Gasteiger partial charge in [-0.1, -0.05) is 12.1 Å². The lowest BCUT2D eigenvalue weighted by Gasteiger charge is -2.32. The van der Waals surface area contributed by atoms with E-state index in [-0.39, 0.29) is 5.91 Å². The molecule has 2 aromatic rings. The molecule has 1 aliphatic rings. The Bertz CT molecular complexity index is 867. The van der Waals surface area contributed by atoms with Gasteiger partial charge in [0.15, 0.2) is 0 Å². The van der Waals surface area contributed by atoms with Crippen LogP contribution in [0.25, 0.3) is 0 Å². The van der Waals surface area contributed by atoms with Crippen LogP contribution in [-0.2, 0) is 11.3 Å². The molecule has 0 bridgehead atoms. The Morgan fingerprint density at radius 3 is 2.57 bits per heavy atom. The normalized spacial score (nSPS) is 15.4. The van der Waals surface area contributed by atoms with E-state index < -0.39 is 5.97 Å². The van der Waals surface area contributed by atoms with Gasteiger partial charge in [-0.3, -0.25) is 9.69 Å². The predicted octanol–water partition coefficient (Wildman–Crippen LogP) is 2.42.